The average Bonchev–Trinajstić information content (AvgIpc) is 2.81. The quantitative estimate of drug-likeness (QED) is 0.560. The fraction of sp³-hybridized carbons (Fsp3) is 1.00. The molecule has 0 amide bonds. The van der Waals surface area contributed by atoms with Gasteiger partial charge in [0.05, 0.1) is 0 Å². The molecular weight excluding hydrogens is 180 g/mol. The van der Waals surface area contributed by atoms with Crippen molar-refractivity contribution in [2.24, 2.45) is 23.2 Å². The van der Waals surface area contributed by atoms with Crippen molar-refractivity contribution in [1.82, 2.24) is 0 Å². The van der Waals surface area contributed by atoms with E-state index < -0.39 is 0 Å². The van der Waals surface area contributed by atoms with Gasteiger partial charge in [-0.2, -0.15) is 0 Å². The van der Waals surface area contributed by atoms with Crippen LogP contribution in [-0.4, -0.2) is 0 Å². The molecule has 0 saturated heterocycles. The van der Waals surface area contributed by atoms with Gasteiger partial charge in [0.1, 0.15) is 0 Å². The molecular formula is C15H30. The molecule has 1 unspecified atom stereocenters. The van der Waals surface area contributed by atoms with Crippen molar-refractivity contribution in [2.45, 2.75) is 73.1 Å². The van der Waals surface area contributed by atoms with Crippen LogP contribution < -0.4 is 0 Å². The SMILES string of the molecule is CC(C)CCC(CC1CC1)CC(C)(C)C. The van der Waals surface area contributed by atoms with Crippen molar-refractivity contribution in [2.75, 3.05) is 0 Å². The van der Waals surface area contributed by atoms with Crippen molar-refractivity contribution in [3.05, 3.63) is 0 Å². The van der Waals surface area contributed by atoms with E-state index in [0.717, 1.165) is 17.8 Å². The maximum atomic E-state index is 2.39. The third-order valence-corrected chi connectivity index (χ3v) is 3.42. The fourth-order valence-corrected chi connectivity index (χ4v) is 2.56. The van der Waals surface area contributed by atoms with Crippen molar-refractivity contribution in [1.29, 1.82) is 0 Å². The minimum atomic E-state index is 0.524. The molecule has 1 saturated carbocycles. The average molecular weight is 210 g/mol. The molecule has 0 spiro atoms. The zero-order valence-corrected chi connectivity index (χ0v) is 11.5. The Morgan fingerprint density at radius 2 is 1.67 bits per heavy atom. The molecule has 0 bridgehead atoms. The molecule has 90 valence electrons. The molecule has 0 aromatic rings. The van der Waals surface area contributed by atoms with E-state index in [0.29, 0.717) is 5.41 Å². The summed E-state index contributed by atoms with van der Waals surface area (Å²) in [5.74, 6) is 2.98. The van der Waals surface area contributed by atoms with E-state index in [4.69, 9.17) is 0 Å². The lowest BCUT2D eigenvalue weighted by Gasteiger charge is -2.26. The van der Waals surface area contributed by atoms with Gasteiger partial charge in [0.2, 0.25) is 0 Å². The highest BCUT2D eigenvalue weighted by molar-refractivity contribution is 4.79. The second kappa shape index (κ2) is 5.37. The topological polar surface area (TPSA) is 0 Å². The smallest absolute Gasteiger partial charge is 0.0380 e. The van der Waals surface area contributed by atoms with Gasteiger partial charge in [-0.25, -0.2) is 0 Å². The molecule has 0 aromatic carbocycles. The second-order valence-electron chi connectivity index (χ2n) is 7.28. The molecule has 1 aliphatic rings. The van der Waals surface area contributed by atoms with Crippen molar-refractivity contribution < 1.29 is 0 Å². The minimum Gasteiger partial charge on any atom is -0.0628 e. The largest absolute Gasteiger partial charge is 0.0628 e. The van der Waals surface area contributed by atoms with Gasteiger partial charge in [0.15, 0.2) is 0 Å². The van der Waals surface area contributed by atoms with E-state index in [1.165, 1.54) is 38.5 Å². The second-order valence-corrected chi connectivity index (χ2v) is 7.28. The molecule has 0 radical (unpaired) electrons. The van der Waals surface area contributed by atoms with E-state index in [1.54, 1.807) is 0 Å². The number of rotatable bonds is 6. The molecule has 0 heteroatoms. The highest BCUT2D eigenvalue weighted by Gasteiger charge is 2.27. The zero-order chi connectivity index (χ0) is 11.5. The van der Waals surface area contributed by atoms with Gasteiger partial charge in [0, 0.05) is 0 Å². The summed E-state index contributed by atoms with van der Waals surface area (Å²) < 4.78 is 0. The normalized spacial score (nSPS) is 19.6. The first kappa shape index (κ1) is 13.1. The lowest BCUT2D eigenvalue weighted by molar-refractivity contribution is 0.252. The Bertz CT molecular complexity index is 169. The summed E-state index contributed by atoms with van der Waals surface area (Å²) in [6.45, 7) is 11.9. The minimum absolute atomic E-state index is 0.524. The van der Waals surface area contributed by atoms with Crippen molar-refractivity contribution >= 4 is 0 Å². The van der Waals surface area contributed by atoms with Crippen LogP contribution in [0, 0.1) is 23.2 Å². The van der Waals surface area contributed by atoms with Gasteiger partial charge in [-0.1, -0.05) is 60.3 Å². The first-order valence-electron chi connectivity index (χ1n) is 6.87. The molecule has 1 rings (SSSR count). The van der Waals surface area contributed by atoms with Crippen LogP contribution in [0.3, 0.4) is 0 Å². The molecule has 0 nitrogen and oxygen atoms in total. The predicted octanol–water partition coefficient (Wildman–Crippen LogP) is 5.28. The van der Waals surface area contributed by atoms with E-state index in [9.17, 15) is 0 Å². The van der Waals surface area contributed by atoms with Crippen LogP contribution in [0.2, 0.25) is 0 Å². The Kier molecular flexibility index (Phi) is 4.67. The van der Waals surface area contributed by atoms with Crippen LogP contribution in [0.4, 0.5) is 0 Å². The van der Waals surface area contributed by atoms with Gasteiger partial charge in [-0.3, -0.25) is 0 Å². The molecule has 15 heavy (non-hydrogen) atoms. The predicted molar refractivity (Wildman–Crippen MR) is 69.0 cm³/mol. The Hall–Kier alpha value is 0. The standard InChI is InChI=1S/C15H30/c1-12(2)6-7-14(10-13-8-9-13)11-15(3,4)5/h12-14H,6-11H2,1-5H3. The van der Waals surface area contributed by atoms with Gasteiger partial charge in [-0.05, 0) is 36.0 Å². The Morgan fingerprint density at radius 3 is 2.07 bits per heavy atom. The molecule has 0 aliphatic heterocycles. The van der Waals surface area contributed by atoms with E-state index >= 15 is 0 Å². The van der Waals surface area contributed by atoms with Crippen LogP contribution in [-0.2, 0) is 0 Å². The van der Waals surface area contributed by atoms with Gasteiger partial charge in [0.25, 0.3) is 0 Å². The van der Waals surface area contributed by atoms with Crippen molar-refractivity contribution in [3.8, 4) is 0 Å². The molecule has 1 fully saturated rings. The highest BCUT2D eigenvalue weighted by Crippen LogP contribution is 2.40. The van der Waals surface area contributed by atoms with E-state index in [1.807, 2.05) is 0 Å². The zero-order valence-electron chi connectivity index (χ0n) is 11.5. The van der Waals surface area contributed by atoms with E-state index in [-0.39, 0.29) is 0 Å². The van der Waals surface area contributed by atoms with Crippen LogP contribution in [0.25, 0.3) is 0 Å². The summed E-state index contributed by atoms with van der Waals surface area (Å²) in [6, 6.07) is 0. The van der Waals surface area contributed by atoms with E-state index in [2.05, 4.69) is 34.6 Å². The maximum Gasteiger partial charge on any atom is -0.0380 e. The molecule has 0 aromatic heterocycles. The monoisotopic (exact) mass is 210 g/mol. The maximum absolute atomic E-state index is 2.39. The van der Waals surface area contributed by atoms with Gasteiger partial charge >= 0.3 is 0 Å². The Balaban J connectivity index is 2.30. The number of hydrogen-bond acceptors (Lipinski definition) is 0. The van der Waals surface area contributed by atoms with Gasteiger partial charge in [-0.15, -0.1) is 0 Å². The Labute approximate surface area is 96.8 Å². The summed E-state index contributed by atoms with van der Waals surface area (Å²) in [5, 5.41) is 0. The van der Waals surface area contributed by atoms with Crippen LogP contribution in [0.1, 0.15) is 73.1 Å². The molecule has 1 atom stereocenters. The van der Waals surface area contributed by atoms with Crippen molar-refractivity contribution in [3.63, 3.8) is 0 Å². The summed E-state index contributed by atoms with van der Waals surface area (Å²) >= 11 is 0. The first-order chi connectivity index (χ1) is 6.87. The third-order valence-electron chi connectivity index (χ3n) is 3.42. The third kappa shape index (κ3) is 6.98. The molecule has 0 N–H and O–H groups in total. The Morgan fingerprint density at radius 1 is 1.07 bits per heavy atom. The summed E-state index contributed by atoms with van der Waals surface area (Å²) in [6.07, 6.45) is 8.86. The van der Waals surface area contributed by atoms with Crippen LogP contribution in [0.5, 0.6) is 0 Å². The lowest BCUT2D eigenvalue weighted by atomic mass is 9.79. The summed E-state index contributed by atoms with van der Waals surface area (Å²) in [4.78, 5) is 0. The summed E-state index contributed by atoms with van der Waals surface area (Å²) in [5.41, 5.74) is 0.524. The number of hydrogen-bond donors (Lipinski definition) is 0. The summed E-state index contributed by atoms with van der Waals surface area (Å²) in [7, 11) is 0. The first-order valence-corrected chi connectivity index (χ1v) is 6.87. The molecule has 0 heterocycles. The van der Waals surface area contributed by atoms with Crippen LogP contribution in [0.15, 0.2) is 0 Å². The fourth-order valence-electron chi connectivity index (χ4n) is 2.56. The lowest BCUT2D eigenvalue weighted by Crippen LogP contribution is -2.14. The van der Waals surface area contributed by atoms with Gasteiger partial charge < -0.3 is 0 Å². The highest BCUT2D eigenvalue weighted by atomic mass is 14.3. The molecule has 1 aliphatic carbocycles. The van der Waals surface area contributed by atoms with Crippen LogP contribution >= 0.6 is 0 Å².